The predicted molar refractivity (Wildman–Crippen MR) is 46.4 cm³/mol. The first kappa shape index (κ1) is 8.99. The second-order valence-corrected chi connectivity index (χ2v) is 3.50. The van der Waals surface area contributed by atoms with Gasteiger partial charge in [0.05, 0.1) is 5.38 Å². The summed E-state index contributed by atoms with van der Waals surface area (Å²) in [6.07, 6.45) is 0. The molecule has 0 fully saturated rings. The van der Waals surface area contributed by atoms with Crippen molar-refractivity contribution >= 4 is 17.2 Å². The largest absolute Gasteiger partial charge is 0.493 e. The Kier molecular flexibility index (Phi) is 2.65. The van der Waals surface area contributed by atoms with Crippen LogP contribution >= 0.6 is 11.3 Å². The molecule has 1 heterocycles. The Hall–Kier alpha value is -1.10. The van der Waals surface area contributed by atoms with Gasteiger partial charge in [0, 0.05) is 6.04 Å². The first-order valence-corrected chi connectivity index (χ1v) is 4.43. The average molecular weight is 186 g/mol. The number of nitrogens with one attached hydrogen (secondary N) is 1. The third-order valence-electron chi connectivity index (χ3n) is 1.11. The van der Waals surface area contributed by atoms with Crippen LogP contribution in [0.5, 0.6) is 5.88 Å². The fraction of sp³-hybridized carbons (Fsp3) is 0.429. The van der Waals surface area contributed by atoms with Crippen molar-refractivity contribution in [1.29, 1.82) is 0 Å². The number of carbonyl (C=O) groups excluding carboxylic acids is 1. The van der Waals surface area contributed by atoms with Gasteiger partial charge in [-0.15, -0.1) is 11.3 Å². The van der Waals surface area contributed by atoms with E-state index in [9.17, 15) is 4.79 Å². The van der Waals surface area contributed by atoms with Crippen molar-refractivity contribution in [2.45, 2.75) is 19.9 Å². The Bertz CT molecular complexity index is 283. The zero-order valence-electron chi connectivity index (χ0n) is 6.87. The lowest BCUT2D eigenvalue weighted by Crippen LogP contribution is -2.29. The van der Waals surface area contributed by atoms with Crippen molar-refractivity contribution in [3.8, 4) is 5.88 Å². The van der Waals surface area contributed by atoms with E-state index in [4.69, 9.17) is 5.11 Å². The van der Waals surface area contributed by atoms with E-state index in [1.807, 2.05) is 13.8 Å². The molecule has 0 unspecified atom stereocenters. The molecule has 0 bridgehead atoms. The number of rotatable bonds is 2. The molecule has 0 spiro atoms. The normalized spacial score (nSPS) is 10.2. The molecule has 0 radical (unpaired) electrons. The highest BCUT2D eigenvalue weighted by atomic mass is 32.1. The third kappa shape index (κ3) is 2.20. The Labute approximate surface area is 74.3 Å². The molecule has 1 rings (SSSR count). The molecule has 5 heteroatoms. The quantitative estimate of drug-likeness (QED) is 0.724. The van der Waals surface area contributed by atoms with E-state index in [1.165, 1.54) is 5.38 Å². The molecule has 0 atom stereocenters. The lowest BCUT2D eigenvalue weighted by molar-refractivity contribution is 0.0942. The summed E-state index contributed by atoms with van der Waals surface area (Å²) in [7, 11) is 0. The number of aromatic nitrogens is 1. The number of hydrogen-bond donors (Lipinski definition) is 2. The van der Waals surface area contributed by atoms with Crippen LogP contribution in [-0.4, -0.2) is 22.0 Å². The van der Waals surface area contributed by atoms with Crippen LogP contribution in [-0.2, 0) is 0 Å². The summed E-state index contributed by atoms with van der Waals surface area (Å²) in [4.78, 5) is 14.8. The smallest absolute Gasteiger partial charge is 0.280 e. The maximum absolute atomic E-state index is 11.2. The molecule has 0 aliphatic carbocycles. The zero-order valence-corrected chi connectivity index (χ0v) is 7.68. The van der Waals surface area contributed by atoms with Crippen molar-refractivity contribution in [1.82, 2.24) is 10.3 Å². The summed E-state index contributed by atoms with van der Waals surface area (Å²) >= 11 is 1.13. The van der Waals surface area contributed by atoms with Crippen LogP contribution in [0.3, 0.4) is 0 Å². The van der Waals surface area contributed by atoms with Gasteiger partial charge in [0.25, 0.3) is 5.91 Å². The van der Waals surface area contributed by atoms with Gasteiger partial charge in [-0.2, -0.15) is 4.98 Å². The highest BCUT2D eigenvalue weighted by molar-refractivity contribution is 7.11. The molecular weight excluding hydrogens is 176 g/mol. The summed E-state index contributed by atoms with van der Waals surface area (Å²) in [5, 5.41) is 13.2. The lowest BCUT2D eigenvalue weighted by Gasteiger charge is -2.04. The van der Waals surface area contributed by atoms with Gasteiger partial charge < -0.3 is 10.4 Å². The second-order valence-electron chi connectivity index (χ2n) is 2.64. The highest BCUT2D eigenvalue weighted by Gasteiger charge is 2.10. The third-order valence-corrected chi connectivity index (χ3v) is 1.93. The van der Waals surface area contributed by atoms with Crippen LogP contribution in [0.1, 0.15) is 23.6 Å². The van der Waals surface area contributed by atoms with Crippen LogP contribution < -0.4 is 5.32 Å². The lowest BCUT2D eigenvalue weighted by atomic mass is 10.4. The average Bonchev–Trinajstić information content (AvgIpc) is 2.34. The maximum Gasteiger partial charge on any atom is 0.280 e. The molecule has 4 nitrogen and oxygen atoms in total. The van der Waals surface area contributed by atoms with Crippen molar-refractivity contribution in [2.24, 2.45) is 0 Å². The Morgan fingerprint density at radius 3 is 2.83 bits per heavy atom. The number of thiazole rings is 1. The van der Waals surface area contributed by atoms with Crippen LogP contribution in [0, 0.1) is 0 Å². The molecule has 0 saturated carbocycles. The van der Waals surface area contributed by atoms with Crippen molar-refractivity contribution in [3.05, 3.63) is 10.4 Å². The van der Waals surface area contributed by atoms with Gasteiger partial charge in [0.1, 0.15) is 0 Å². The number of carbonyl (C=O) groups is 1. The molecule has 0 saturated heterocycles. The van der Waals surface area contributed by atoms with E-state index < -0.39 is 0 Å². The van der Waals surface area contributed by atoms with E-state index >= 15 is 0 Å². The Morgan fingerprint density at radius 1 is 1.75 bits per heavy atom. The highest BCUT2D eigenvalue weighted by Crippen LogP contribution is 2.13. The molecule has 2 N–H and O–H groups in total. The standard InChI is InChI=1S/C7H10N2O2S/c1-4(2)8-6(11)7-9-5(10)3-12-7/h3-4,10H,1-2H3,(H,8,11). The molecule has 0 aliphatic rings. The second kappa shape index (κ2) is 3.53. The van der Waals surface area contributed by atoms with E-state index in [1.54, 1.807) is 0 Å². The summed E-state index contributed by atoms with van der Waals surface area (Å²) in [6, 6.07) is 0.0866. The predicted octanol–water partition coefficient (Wildman–Crippen LogP) is 0.987. The minimum atomic E-state index is -0.240. The molecule has 1 aromatic rings. The molecule has 0 aliphatic heterocycles. The van der Waals surface area contributed by atoms with Crippen LogP contribution in [0.4, 0.5) is 0 Å². The number of aromatic hydroxyl groups is 1. The molecule has 0 aromatic carbocycles. The first-order valence-electron chi connectivity index (χ1n) is 3.55. The molecular formula is C7H10N2O2S. The van der Waals surface area contributed by atoms with Crippen molar-refractivity contribution < 1.29 is 9.90 Å². The number of amides is 1. The zero-order chi connectivity index (χ0) is 9.14. The molecule has 66 valence electrons. The van der Waals surface area contributed by atoms with Gasteiger partial charge in [0.2, 0.25) is 5.88 Å². The summed E-state index contributed by atoms with van der Waals surface area (Å²) in [5.74, 6) is -0.343. The van der Waals surface area contributed by atoms with Gasteiger partial charge in [-0.1, -0.05) is 0 Å². The topological polar surface area (TPSA) is 62.2 Å². The Balaban J connectivity index is 2.65. The van der Waals surface area contributed by atoms with Gasteiger partial charge in [-0.25, -0.2) is 0 Å². The molecule has 1 aromatic heterocycles. The minimum absolute atomic E-state index is 0.0866. The van der Waals surface area contributed by atoms with Gasteiger partial charge in [0.15, 0.2) is 5.01 Å². The molecule has 12 heavy (non-hydrogen) atoms. The summed E-state index contributed by atoms with van der Waals surface area (Å²) < 4.78 is 0. The van der Waals surface area contributed by atoms with E-state index in [0.29, 0.717) is 5.01 Å². The van der Waals surface area contributed by atoms with Crippen molar-refractivity contribution in [3.63, 3.8) is 0 Å². The summed E-state index contributed by atoms with van der Waals surface area (Å²) in [5.41, 5.74) is 0. The Morgan fingerprint density at radius 2 is 2.42 bits per heavy atom. The minimum Gasteiger partial charge on any atom is -0.493 e. The SMILES string of the molecule is CC(C)NC(=O)c1nc(O)cs1. The fourth-order valence-corrected chi connectivity index (χ4v) is 1.28. The van der Waals surface area contributed by atoms with Crippen LogP contribution in [0.15, 0.2) is 5.38 Å². The van der Waals surface area contributed by atoms with Crippen LogP contribution in [0.25, 0.3) is 0 Å². The fourth-order valence-electron chi connectivity index (χ4n) is 0.693. The van der Waals surface area contributed by atoms with E-state index in [0.717, 1.165) is 11.3 Å². The van der Waals surface area contributed by atoms with Gasteiger partial charge in [-0.3, -0.25) is 4.79 Å². The maximum atomic E-state index is 11.2. The van der Waals surface area contributed by atoms with Gasteiger partial charge >= 0.3 is 0 Å². The first-order chi connectivity index (χ1) is 5.59. The number of nitrogens with zero attached hydrogens (tertiary/aromatic N) is 1. The monoisotopic (exact) mass is 186 g/mol. The van der Waals surface area contributed by atoms with E-state index in [2.05, 4.69) is 10.3 Å². The van der Waals surface area contributed by atoms with Gasteiger partial charge in [-0.05, 0) is 13.8 Å². The summed E-state index contributed by atoms with van der Waals surface area (Å²) in [6.45, 7) is 3.73. The van der Waals surface area contributed by atoms with E-state index in [-0.39, 0.29) is 17.8 Å². The van der Waals surface area contributed by atoms with Crippen LogP contribution in [0.2, 0.25) is 0 Å². The van der Waals surface area contributed by atoms with Crippen molar-refractivity contribution in [2.75, 3.05) is 0 Å². The number of hydrogen-bond acceptors (Lipinski definition) is 4. The molecule has 1 amide bonds.